The topological polar surface area (TPSA) is 0 Å². The Morgan fingerprint density at radius 1 is 0.591 bits per heavy atom. The van der Waals surface area contributed by atoms with E-state index in [1.807, 2.05) is 0 Å². The molecule has 0 saturated carbocycles. The van der Waals surface area contributed by atoms with Crippen molar-refractivity contribution in [1.82, 2.24) is 0 Å². The number of hydrogen-bond donors (Lipinski definition) is 0. The number of rotatable bonds is 13. The van der Waals surface area contributed by atoms with Gasteiger partial charge in [0.15, 0.2) is 0 Å². The first-order chi connectivity index (χ1) is 10.3. The van der Waals surface area contributed by atoms with Gasteiger partial charge < -0.3 is 16.9 Å². The number of quaternary nitrogens is 1. The van der Waals surface area contributed by atoms with Crippen molar-refractivity contribution in [2.45, 2.75) is 103 Å². The number of nitrogens with zero attached hydrogens (tertiary/aromatic N) is 1. The lowest BCUT2D eigenvalue weighted by Gasteiger charge is -2.37. The second kappa shape index (κ2) is 14.8. The van der Waals surface area contributed by atoms with Gasteiger partial charge in [-0.1, -0.05) is 71.1 Å². The van der Waals surface area contributed by atoms with E-state index in [-0.39, 0.29) is 12.4 Å². The molecule has 0 aromatic rings. The van der Waals surface area contributed by atoms with Crippen molar-refractivity contribution in [3.05, 3.63) is 0 Å². The Balaban J connectivity index is 0.00000441. The zero-order valence-electron chi connectivity index (χ0n) is 15.6. The molecule has 0 unspecified atom stereocenters. The van der Waals surface area contributed by atoms with Crippen LogP contribution in [-0.2, 0) is 0 Å². The molecule has 1 aliphatic rings. The van der Waals surface area contributed by atoms with Crippen molar-refractivity contribution in [2.24, 2.45) is 0 Å². The van der Waals surface area contributed by atoms with E-state index in [4.69, 9.17) is 0 Å². The maximum absolute atomic E-state index is 2.48. The molecule has 0 amide bonds. The highest BCUT2D eigenvalue weighted by molar-refractivity contribution is 4.53. The van der Waals surface area contributed by atoms with E-state index < -0.39 is 0 Å². The van der Waals surface area contributed by atoms with Gasteiger partial charge >= 0.3 is 0 Å². The smallest absolute Gasteiger partial charge is 0.0784 e. The molecule has 1 fully saturated rings. The Hall–Kier alpha value is 0.250. The van der Waals surface area contributed by atoms with Crippen LogP contribution < -0.4 is 12.4 Å². The van der Waals surface area contributed by atoms with Gasteiger partial charge in [0.05, 0.1) is 26.7 Å². The summed E-state index contributed by atoms with van der Waals surface area (Å²) in [5.74, 6) is 0. The highest BCUT2D eigenvalue weighted by Gasteiger charge is 2.23. The van der Waals surface area contributed by atoms with E-state index in [0.29, 0.717) is 0 Å². The summed E-state index contributed by atoms with van der Waals surface area (Å²) in [6.45, 7) is 6.63. The Morgan fingerprint density at radius 3 is 1.45 bits per heavy atom. The molecular weight excluding hydrogens is 290 g/mol. The number of likely N-dealkylation sites (tertiary alicyclic amines) is 1. The fourth-order valence-corrected chi connectivity index (χ4v) is 3.83. The Morgan fingerprint density at radius 2 is 1.00 bits per heavy atom. The minimum atomic E-state index is 0. The molecule has 0 bridgehead atoms. The first kappa shape index (κ1) is 22.2. The Kier molecular flexibility index (Phi) is 15.0. The zero-order chi connectivity index (χ0) is 15.2. The number of piperidine rings is 1. The monoisotopic (exact) mass is 331 g/mol. The van der Waals surface area contributed by atoms with Crippen LogP contribution in [0, 0.1) is 0 Å². The van der Waals surface area contributed by atoms with Crippen LogP contribution >= 0.6 is 0 Å². The summed E-state index contributed by atoms with van der Waals surface area (Å²) in [5.41, 5.74) is 0. The minimum Gasteiger partial charge on any atom is -1.00 e. The second-order valence-electron chi connectivity index (χ2n) is 7.74. The summed E-state index contributed by atoms with van der Waals surface area (Å²) in [6.07, 6.45) is 22.0. The average molecular weight is 332 g/mol. The average Bonchev–Trinajstić information content (AvgIpc) is 2.49. The lowest BCUT2D eigenvalue weighted by molar-refractivity contribution is -0.914. The summed E-state index contributed by atoms with van der Waals surface area (Å²) < 4.78 is 1.37. The Labute approximate surface area is 147 Å². The fourth-order valence-electron chi connectivity index (χ4n) is 3.83. The number of halogens is 1. The quantitative estimate of drug-likeness (QED) is 0.359. The van der Waals surface area contributed by atoms with Gasteiger partial charge in [-0.05, 0) is 32.1 Å². The van der Waals surface area contributed by atoms with Gasteiger partial charge in [-0.2, -0.15) is 0 Å². The standard InChI is InChI=1S/C20H42N.ClH/c1-3-4-5-6-7-8-9-10-11-12-13-15-18-21(2)19-16-14-17-20-21;/h3-20H2,1-2H3;1H/q+1;/p-1. The van der Waals surface area contributed by atoms with Crippen molar-refractivity contribution in [2.75, 3.05) is 26.7 Å². The number of unbranched alkanes of at least 4 members (excludes halogenated alkanes) is 11. The van der Waals surface area contributed by atoms with Gasteiger partial charge in [0.1, 0.15) is 0 Å². The summed E-state index contributed by atoms with van der Waals surface area (Å²) in [6, 6.07) is 0. The molecule has 0 atom stereocenters. The van der Waals surface area contributed by atoms with E-state index in [0.717, 1.165) is 0 Å². The number of hydrogen-bond acceptors (Lipinski definition) is 0. The van der Waals surface area contributed by atoms with Gasteiger partial charge in [-0.3, -0.25) is 0 Å². The van der Waals surface area contributed by atoms with Gasteiger partial charge in [0.25, 0.3) is 0 Å². The van der Waals surface area contributed by atoms with Crippen LogP contribution in [0.1, 0.15) is 103 Å². The van der Waals surface area contributed by atoms with E-state index in [1.165, 1.54) is 120 Å². The van der Waals surface area contributed by atoms with Crippen LogP contribution in [0.4, 0.5) is 0 Å². The van der Waals surface area contributed by atoms with E-state index >= 15 is 0 Å². The van der Waals surface area contributed by atoms with E-state index in [1.54, 1.807) is 0 Å². The van der Waals surface area contributed by atoms with Crippen LogP contribution in [-0.4, -0.2) is 31.2 Å². The molecule has 1 nitrogen and oxygen atoms in total. The molecule has 0 spiro atoms. The van der Waals surface area contributed by atoms with Gasteiger partial charge in [0, 0.05) is 0 Å². The molecule has 1 saturated heterocycles. The van der Waals surface area contributed by atoms with Crippen molar-refractivity contribution in [1.29, 1.82) is 0 Å². The molecule has 1 rings (SSSR count). The molecule has 0 aromatic heterocycles. The first-order valence-electron chi connectivity index (χ1n) is 10.1. The van der Waals surface area contributed by atoms with Crippen molar-refractivity contribution in [3.8, 4) is 0 Å². The molecule has 1 heterocycles. The van der Waals surface area contributed by atoms with Crippen LogP contribution in [0.2, 0.25) is 0 Å². The fraction of sp³-hybridized carbons (Fsp3) is 1.00. The minimum absolute atomic E-state index is 0. The SMILES string of the molecule is CCCCCCCCCCCCCC[N+]1(C)CCCCC1.[Cl-]. The lowest BCUT2D eigenvalue weighted by Crippen LogP contribution is -3.00. The Bertz CT molecular complexity index is 224. The summed E-state index contributed by atoms with van der Waals surface area (Å²) in [5, 5.41) is 0. The van der Waals surface area contributed by atoms with Gasteiger partial charge in [0.2, 0.25) is 0 Å². The molecule has 0 N–H and O–H groups in total. The summed E-state index contributed by atoms with van der Waals surface area (Å²) in [4.78, 5) is 0. The van der Waals surface area contributed by atoms with E-state index in [2.05, 4.69) is 14.0 Å². The van der Waals surface area contributed by atoms with Crippen molar-refractivity contribution in [3.63, 3.8) is 0 Å². The van der Waals surface area contributed by atoms with Gasteiger partial charge in [-0.25, -0.2) is 0 Å². The highest BCUT2D eigenvalue weighted by Crippen LogP contribution is 2.18. The van der Waals surface area contributed by atoms with E-state index in [9.17, 15) is 0 Å². The van der Waals surface area contributed by atoms with Crippen molar-refractivity contribution >= 4 is 0 Å². The largest absolute Gasteiger partial charge is 1.00 e. The van der Waals surface area contributed by atoms with Crippen LogP contribution in [0.15, 0.2) is 0 Å². The van der Waals surface area contributed by atoms with Crippen LogP contribution in [0.3, 0.4) is 0 Å². The molecule has 134 valence electrons. The third-order valence-electron chi connectivity index (χ3n) is 5.45. The van der Waals surface area contributed by atoms with Crippen LogP contribution in [0.25, 0.3) is 0 Å². The lowest BCUT2D eigenvalue weighted by atomic mass is 10.0. The molecular formula is C20H42ClN. The van der Waals surface area contributed by atoms with Gasteiger partial charge in [-0.15, -0.1) is 0 Å². The normalized spacial score (nSPS) is 17.2. The predicted molar refractivity (Wildman–Crippen MR) is 95.7 cm³/mol. The maximum atomic E-state index is 2.48. The summed E-state index contributed by atoms with van der Waals surface area (Å²) in [7, 11) is 2.48. The zero-order valence-corrected chi connectivity index (χ0v) is 16.3. The molecule has 0 aromatic carbocycles. The molecule has 0 radical (unpaired) electrons. The third-order valence-corrected chi connectivity index (χ3v) is 5.45. The maximum Gasteiger partial charge on any atom is 0.0784 e. The predicted octanol–water partition coefficient (Wildman–Crippen LogP) is 3.32. The van der Waals surface area contributed by atoms with Crippen molar-refractivity contribution < 1.29 is 16.9 Å². The molecule has 2 heteroatoms. The summed E-state index contributed by atoms with van der Waals surface area (Å²) >= 11 is 0. The molecule has 0 aliphatic carbocycles. The van der Waals surface area contributed by atoms with Crippen LogP contribution in [0.5, 0.6) is 0 Å². The highest BCUT2D eigenvalue weighted by atomic mass is 35.5. The second-order valence-corrected chi connectivity index (χ2v) is 7.74. The third kappa shape index (κ3) is 11.8. The molecule has 1 aliphatic heterocycles. The molecule has 22 heavy (non-hydrogen) atoms. The first-order valence-corrected chi connectivity index (χ1v) is 10.1.